The van der Waals surface area contributed by atoms with E-state index in [0.717, 1.165) is 41.8 Å². The van der Waals surface area contributed by atoms with Crippen molar-refractivity contribution in [1.82, 2.24) is 0 Å². The van der Waals surface area contributed by atoms with E-state index in [0.29, 0.717) is 22.6 Å². The molecule has 4 bridgehead atoms. The number of hydrogen-bond donors (Lipinski definition) is 2. The summed E-state index contributed by atoms with van der Waals surface area (Å²) in [5.74, 6) is 3.85. The minimum Gasteiger partial charge on any atom is -0.490 e. The van der Waals surface area contributed by atoms with Crippen LogP contribution in [-0.4, -0.2) is 23.7 Å². The normalized spacial score (nSPS) is 29.0. The highest BCUT2D eigenvalue weighted by molar-refractivity contribution is 6.06. The van der Waals surface area contributed by atoms with Gasteiger partial charge in [0.05, 0.1) is 11.7 Å². The van der Waals surface area contributed by atoms with E-state index in [-0.39, 0.29) is 12.5 Å². The first kappa shape index (κ1) is 23.4. The molecule has 0 aliphatic heterocycles. The fraction of sp³-hybridized carbons (Fsp3) is 0.567. The van der Waals surface area contributed by atoms with Crippen LogP contribution in [0.15, 0.2) is 48.5 Å². The molecule has 4 nitrogen and oxygen atoms in total. The van der Waals surface area contributed by atoms with Crippen molar-refractivity contribution in [3.8, 4) is 5.75 Å². The molecule has 0 aromatic heterocycles. The summed E-state index contributed by atoms with van der Waals surface area (Å²) in [5, 5.41) is 13.6. The van der Waals surface area contributed by atoms with Crippen LogP contribution in [0.25, 0.3) is 0 Å². The molecular formula is C30H39NO3. The smallest absolute Gasteiger partial charge is 0.259 e. The summed E-state index contributed by atoms with van der Waals surface area (Å²) in [6.07, 6.45) is 9.93. The Morgan fingerprint density at radius 2 is 1.62 bits per heavy atom. The Labute approximate surface area is 204 Å². The van der Waals surface area contributed by atoms with Gasteiger partial charge in [0, 0.05) is 5.69 Å². The van der Waals surface area contributed by atoms with E-state index in [1.807, 2.05) is 43.3 Å². The second-order valence-corrected chi connectivity index (χ2v) is 11.5. The number of benzene rings is 2. The van der Waals surface area contributed by atoms with Gasteiger partial charge in [-0.1, -0.05) is 36.8 Å². The molecule has 182 valence electrons. The first-order valence-corrected chi connectivity index (χ1v) is 13.2. The van der Waals surface area contributed by atoms with Gasteiger partial charge in [0.15, 0.2) is 0 Å². The molecule has 34 heavy (non-hydrogen) atoms. The molecule has 4 fully saturated rings. The number of aliphatic hydroxyl groups is 1. The number of carbonyl (C=O) groups excluding carboxylic acids is 1. The summed E-state index contributed by atoms with van der Waals surface area (Å²) < 4.78 is 5.95. The lowest BCUT2D eigenvalue weighted by Crippen LogP contribution is -2.49. The molecule has 0 spiro atoms. The lowest BCUT2D eigenvalue weighted by atomic mass is 9.46. The van der Waals surface area contributed by atoms with Gasteiger partial charge in [-0.15, -0.1) is 0 Å². The molecule has 2 aromatic carbocycles. The number of aliphatic hydroxyl groups excluding tert-OH is 1. The zero-order valence-electron chi connectivity index (χ0n) is 20.6. The van der Waals surface area contributed by atoms with E-state index in [2.05, 4.69) is 12.2 Å². The maximum atomic E-state index is 12.8. The van der Waals surface area contributed by atoms with Crippen molar-refractivity contribution < 1.29 is 14.6 Å². The molecule has 2 aromatic rings. The van der Waals surface area contributed by atoms with Gasteiger partial charge in [-0.3, -0.25) is 4.79 Å². The first-order valence-electron chi connectivity index (χ1n) is 13.2. The Morgan fingerprint density at radius 1 is 1.00 bits per heavy atom. The van der Waals surface area contributed by atoms with Crippen molar-refractivity contribution in [1.29, 1.82) is 0 Å². The number of para-hydroxylation sites is 1. The number of rotatable bonds is 9. The molecule has 1 amide bonds. The molecule has 4 saturated carbocycles. The first-order chi connectivity index (χ1) is 16.4. The van der Waals surface area contributed by atoms with Crippen LogP contribution in [0.2, 0.25) is 0 Å². The van der Waals surface area contributed by atoms with Crippen LogP contribution in [0, 0.1) is 36.0 Å². The number of amides is 1. The van der Waals surface area contributed by atoms with E-state index < -0.39 is 6.10 Å². The van der Waals surface area contributed by atoms with Crippen LogP contribution in [-0.2, 0) is 0 Å². The Hall–Kier alpha value is -2.33. The van der Waals surface area contributed by atoms with Gasteiger partial charge in [-0.05, 0) is 112 Å². The highest BCUT2D eigenvalue weighted by atomic mass is 16.5. The van der Waals surface area contributed by atoms with Crippen molar-refractivity contribution in [2.24, 2.45) is 29.1 Å². The van der Waals surface area contributed by atoms with Gasteiger partial charge in [-0.25, -0.2) is 0 Å². The Morgan fingerprint density at radius 3 is 2.26 bits per heavy atom. The summed E-state index contributed by atoms with van der Waals surface area (Å²) >= 11 is 0. The molecule has 6 rings (SSSR count). The highest BCUT2D eigenvalue weighted by Crippen LogP contribution is 2.63. The third-order valence-electron chi connectivity index (χ3n) is 8.94. The number of nitrogens with one attached hydrogen (secondary N) is 1. The quantitative estimate of drug-likeness (QED) is 0.441. The molecule has 2 N–H and O–H groups in total. The minimum absolute atomic E-state index is 0.204. The molecule has 2 atom stereocenters. The number of anilines is 1. The summed E-state index contributed by atoms with van der Waals surface area (Å²) in [6, 6.07) is 15.0. The molecule has 0 saturated heterocycles. The second kappa shape index (κ2) is 9.73. The zero-order chi connectivity index (χ0) is 23.7. The van der Waals surface area contributed by atoms with E-state index in [1.54, 1.807) is 12.1 Å². The minimum atomic E-state index is -0.524. The van der Waals surface area contributed by atoms with E-state index >= 15 is 0 Å². The Bertz CT molecular complexity index is 963. The summed E-state index contributed by atoms with van der Waals surface area (Å²) in [5.41, 5.74) is 2.91. The SMILES string of the molecule is Cc1ccc(NC(=O)c2ccccc2OCC(O)CCC(C)C23CC4CC(CC(C4)C2)C3)cc1. The Balaban J connectivity index is 1.13. The predicted molar refractivity (Wildman–Crippen MR) is 136 cm³/mol. The van der Waals surface area contributed by atoms with Gasteiger partial charge in [0.2, 0.25) is 0 Å². The van der Waals surface area contributed by atoms with E-state index in [4.69, 9.17) is 4.74 Å². The molecule has 4 aliphatic carbocycles. The van der Waals surface area contributed by atoms with Gasteiger partial charge in [0.1, 0.15) is 12.4 Å². The number of hydrogen-bond acceptors (Lipinski definition) is 3. The van der Waals surface area contributed by atoms with Crippen molar-refractivity contribution >= 4 is 11.6 Å². The fourth-order valence-corrected chi connectivity index (χ4v) is 7.41. The third kappa shape index (κ3) is 5.02. The number of ether oxygens (including phenoxy) is 1. The Kier molecular flexibility index (Phi) is 6.70. The van der Waals surface area contributed by atoms with Crippen molar-refractivity contribution in [2.45, 2.75) is 71.3 Å². The average molecular weight is 462 g/mol. The molecule has 4 aliphatic rings. The van der Waals surface area contributed by atoms with Gasteiger partial charge < -0.3 is 15.2 Å². The molecule has 0 heterocycles. The average Bonchev–Trinajstić information content (AvgIpc) is 2.82. The van der Waals surface area contributed by atoms with E-state index in [9.17, 15) is 9.90 Å². The van der Waals surface area contributed by atoms with Crippen molar-refractivity contribution in [2.75, 3.05) is 11.9 Å². The molecule has 0 radical (unpaired) electrons. The van der Waals surface area contributed by atoms with Gasteiger partial charge in [0.25, 0.3) is 5.91 Å². The topological polar surface area (TPSA) is 58.6 Å². The fourth-order valence-electron chi connectivity index (χ4n) is 7.41. The van der Waals surface area contributed by atoms with Crippen LogP contribution in [0.4, 0.5) is 5.69 Å². The standard InChI is InChI=1S/C30H39NO3/c1-20-7-10-25(11-8-20)31-29(33)27-5-3-4-6-28(27)34-19-26(32)12-9-21(2)30-16-22-13-23(17-30)15-24(14-22)18-30/h3-8,10-11,21-24,26,32H,9,12-19H2,1-2H3,(H,31,33). The van der Waals surface area contributed by atoms with Gasteiger partial charge in [-0.2, -0.15) is 0 Å². The largest absolute Gasteiger partial charge is 0.490 e. The molecule has 2 unspecified atom stereocenters. The number of carbonyl (C=O) groups is 1. The van der Waals surface area contributed by atoms with Crippen molar-refractivity contribution in [3.63, 3.8) is 0 Å². The van der Waals surface area contributed by atoms with Gasteiger partial charge >= 0.3 is 0 Å². The third-order valence-corrected chi connectivity index (χ3v) is 8.94. The number of aryl methyl sites for hydroxylation is 1. The van der Waals surface area contributed by atoms with Crippen LogP contribution < -0.4 is 10.1 Å². The molecule has 4 heteroatoms. The van der Waals surface area contributed by atoms with Crippen LogP contribution in [0.5, 0.6) is 5.75 Å². The van der Waals surface area contributed by atoms with Crippen LogP contribution >= 0.6 is 0 Å². The lowest BCUT2D eigenvalue weighted by Gasteiger charge is -2.59. The summed E-state index contributed by atoms with van der Waals surface area (Å²) in [4.78, 5) is 12.8. The van der Waals surface area contributed by atoms with Crippen LogP contribution in [0.1, 0.15) is 74.2 Å². The van der Waals surface area contributed by atoms with E-state index in [1.165, 1.54) is 38.5 Å². The second-order valence-electron chi connectivity index (χ2n) is 11.5. The summed E-state index contributed by atoms with van der Waals surface area (Å²) in [7, 11) is 0. The van der Waals surface area contributed by atoms with Crippen LogP contribution in [0.3, 0.4) is 0 Å². The maximum absolute atomic E-state index is 12.8. The zero-order valence-corrected chi connectivity index (χ0v) is 20.6. The lowest BCUT2D eigenvalue weighted by molar-refractivity contribution is -0.0869. The predicted octanol–water partition coefficient (Wildman–Crippen LogP) is 6.62. The monoisotopic (exact) mass is 461 g/mol. The summed E-state index contributed by atoms with van der Waals surface area (Å²) in [6.45, 7) is 4.65. The highest BCUT2D eigenvalue weighted by Gasteiger charge is 2.52. The molecular weight excluding hydrogens is 422 g/mol. The van der Waals surface area contributed by atoms with Crippen molar-refractivity contribution in [3.05, 3.63) is 59.7 Å². The maximum Gasteiger partial charge on any atom is 0.259 e.